The van der Waals surface area contributed by atoms with E-state index in [0.29, 0.717) is 0 Å². The Bertz CT molecular complexity index is 578. The second-order valence-electron chi connectivity index (χ2n) is 6.02. The summed E-state index contributed by atoms with van der Waals surface area (Å²) < 4.78 is 0. The molecule has 2 atom stereocenters. The Labute approximate surface area is 124 Å². The Balaban J connectivity index is 1.49. The van der Waals surface area contributed by atoms with E-state index in [1.165, 1.54) is 42.7 Å². The first kappa shape index (κ1) is 12.5. The van der Waals surface area contributed by atoms with Gasteiger partial charge in [-0.25, -0.2) is 4.98 Å². The molecule has 0 unspecified atom stereocenters. The summed E-state index contributed by atoms with van der Waals surface area (Å²) in [5, 5.41) is 1.16. The second kappa shape index (κ2) is 5.30. The van der Waals surface area contributed by atoms with Crippen molar-refractivity contribution in [3.8, 4) is 10.6 Å². The lowest BCUT2D eigenvalue weighted by Crippen LogP contribution is -2.29. The second-order valence-corrected chi connectivity index (χ2v) is 7.13. The van der Waals surface area contributed by atoms with Crippen molar-refractivity contribution >= 4 is 11.3 Å². The summed E-state index contributed by atoms with van der Waals surface area (Å²) in [6.07, 6.45) is 7.79. The van der Waals surface area contributed by atoms with Gasteiger partial charge in [0, 0.05) is 29.2 Å². The summed E-state index contributed by atoms with van der Waals surface area (Å²) in [7, 11) is 0. The summed E-state index contributed by atoms with van der Waals surface area (Å²) in [5.74, 6) is 0.983. The molecule has 2 fully saturated rings. The number of nitrogens with zero attached hydrogens (tertiary/aromatic N) is 2. The first-order chi connectivity index (χ1) is 9.90. The number of aromatic nitrogens is 1. The minimum absolute atomic E-state index is 0.859. The van der Waals surface area contributed by atoms with Crippen LogP contribution >= 0.6 is 11.3 Å². The van der Waals surface area contributed by atoms with Gasteiger partial charge in [-0.2, -0.15) is 0 Å². The first-order valence-corrected chi connectivity index (χ1v) is 8.46. The van der Waals surface area contributed by atoms with E-state index in [2.05, 4.69) is 46.4 Å². The number of thiazole rings is 1. The van der Waals surface area contributed by atoms with Crippen molar-refractivity contribution in [1.29, 1.82) is 0 Å². The van der Waals surface area contributed by atoms with Crippen LogP contribution < -0.4 is 0 Å². The molecule has 2 aromatic rings. The molecule has 1 saturated heterocycles. The van der Waals surface area contributed by atoms with Gasteiger partial charge in [0.25, 0.3) is 0 Å². The lowest BCUT2D eigenvalue weighted by Gasteiger charge is -2.22. The molecule has 1 aliphatic heterocycles. The van der Waals surface area contributed by atoms with Crippen molar-refractivity contribution in [2.75, 3.05) is 6.54 Å². The Kier molecular flexibility index (Phi) is 3.32. The van der Waals surface area contributed by atoms with Crippen molar-refractivity contribution in [3.05, 3.63) is 41.4 Å². The standard InChI is InChI=1S/C17H20N2S/c1-2-5-14(6-3-1)17-18-11-15(20-17)12-19-10-9-13-7-4-8-16(13)19/h1-3,5-6,11,13,16H,4,7-10,12H2/t13-,16-/m1/s1. The molecule has 0 spiro atoms. The third-order valence-electron chi connectivity index (χ3n) is 4.81. The molecule has 2 nitrogen and oxygen atoms in total. The minimum atomic E-state index is 0.859. The van der Waals surface area contributed by atoms with Crippen LogP contribution in [0.3, 0.4) is 0 Å². The van der Waals surface area contributed by atoms with E-state index in [4.69, 9.17) is 0 Å². The van der Waals surface area contributed by atoms with Crippen LogP contribution in [0, 0.1) is 5.92 Å². The molecule has 104 valence electrons. The lowest BCUT2D eigenvalue weighted by atomic mass is 10.1. The maximum atomic E-state index is 4.61. The molecular formula is C17H20N2S. The fourth-order valence-electron chi connectivity index (χ4n) is 3.82. The fourth-order valence-corrected chi connectivity index (χ4v) is 4.77. The van der Waals surface area contributed by atoms with Gasteiger partial charge in [-0.15, -0.1) is 11.3 Å². The predicted octanol–water partition coefficient (Wildman–Crippen LogP) is 4.18. The summed E-state index contributed by atoms with van der Waals surface area (Å²) in [6.45, 7) is 2.39. The Morgan fingerprint density at radius 3 is 2.95 bits per heavy atom. The van der Waals surface area contributed by atoms with Crippen molar-refractivity contribution in [3.63, 3.8) is 0 Å². The fraction of sp³-hybridized carbons (Fsp3) is 0.471. The molecule has 0 amide bonds. The molecule has 3 heteroatoms. The molecule has 1 aliphatic carbocycles. The van der Waals surface area contributed by atoms with Gasteiger partial charge in [0.1, 0.15) is 5.01 Å². The van der Waals surface area contributed by atoms with Crippen molar-refractivity contribution in [1.82, 2.24) is 9.88 Å². The Morgan fingerprint density at radius 1 is 1.15 bits per heavy atom. The van der Waals surface area contributed by atoms with Crippen LogP contribution in [-0.2, 0) is 6.54 Å². The summed E-state index contributed by atoms with van der Waals surface area (Å²) >= 11 is 1.85. The van der Waals surface area contributed by atoms with Gasteiger partial charge in [0.2, 0.25) is 0 Å². The zero-order valence-electron chi connectivity index (χ0n) is 11.7. The highest BCUT2D eigenvalue weighted by molar-refractivity contribution is 7.15. The normalized spacial score (nSPS) is 26.0. The zero-order valence-corrected chi connectivity index (χ0v) is 12.5. The van der Waals surface area contributed by atoms with Gasteiger partial charge >= 0.3 is 0 Å². The van der Waals surface area contributed by atoms with E-state index in [-0.39, 0.29) is 0 Å². The van der Waals surface area contributed by atoms with Gasteiger partial charge in [0.15, 0.2) is 0 Å². The van der Waals surface area contributed by atoms with E-state index >= 15 is 0 Å². The van der Waals surface area contributed by atoms with Crippen LogP contribution in [-0.4, -0.2) is 22.5 Å². The third kappa shape index (κ3) is 2.29. The average Bonchev–Trinajstić information content (AvgIpc) is 3.19. The Hall–Kier alpha value is -1.19. The SMILES string of the molecule is c1ccc(-c2ncc(CN3CC[C@H]4CCC[C@H]43)s2)cc1. The van der Waals surface area contributed by atoms with E-state index in [1.54, 1.807) is 0 Å². The van der Waals surface area contributed by atoms with E-state index in [0.717, 1.165) is 23.5 Å². The number of benzene rings is 1. The van der Waals surface area contributed by atoms with E-state index in [9.17, 15) is 0 Å². The minimum Gasteiger partial charge on any atom is -0.295 e. The highest BCUT2D eigenvalue weighted by atomic mass is 32.1. The largest absolute Gasteiger partial charge is 0.295 e. The van der Waals surface area contributed by atoms with Crippen LogP contribution in [0.2, 0.25) is 0 Å². The van der Waals surface area contributed by atoms with Gasteiger partial charge in [-0.3, -0.25) is 4.90 Å². The molecular weight excluding hydrogens is 264 g/mol. The number of rotatable bonds is 3. The number of likely N-dealkylation sites (tertiary alicyclic amines) is 1. The van der Waals surface area contributed by atoms with Crippen LogP contribution in [0.5, 0.6) is 0 Å². The zero-order chi connectivity index (χ0) is 13.4. The summed E-state index contributed by atoms with van der Waals surface area (Å²) in [4.78, 5) is 8.71. The van der Waals surface area contributed by atoms with Crippen LogP contribution in [0.15, 0.2) is 36.5 Å². The van der Waals surface area contributed by atoms with Gasteiger partial charge in [-0.05, 0) is 31.7 Å². The summed E-state index contributed by atoms with van der Waals surface area (Å²) in [5.41, 5.74) is 1.24. The summed E-state index contributed by atoms with van der Waals surface area (Å²) in [6, 6.07) is 11.4. The van der Waals surface area contributed by atoms with Gasteiger partial charge < -0.3 is 0 Å². The molecule has 2 heterocycles. The van der Waals surface area contributed by atoms with Crippen molar-refractivity contribution in [2.24, 2.45) is 5.92 Å². The maximum Gasteiger partial charge on any atom is 0.123 e. The third-order valence-corrected chi connectivity index (χ3v) is 5.84. The van der Waals surface area contributed by atoms with E-state index in [1.807, 2.05) is 11.3 Å². The predicted molar refractivity (Wildman–Crippen MR) is 83.7 cm³/mol. The highest BCUT2D eigenvalue weighted by Gasteiger charge is 2.37. The topological polar surface area (TPSA) is 16.1 Å². The highest BCUT2D eigenvalue weighted by Crippen LogP contribution is 2.39. The molecule has 4 rings (SSSR count). The Morgan fingerprint density at radius 2 is 2.05 bits per heavy atom. The van der Waals surface area contributed by atoms with Crippen LogP contribution in [0.25, 0.3) is 10.6 Å². The van der Waals surface area contributed by atoms with Crippen molar-refractivity contribution < 1.29 is 0 Å². The van der Waals surface area contributed by atoms with Gasteiger partial charge in [0.05, 0.1) is 0 Å². The van der Waals surface area contributed by atoms with Crippen LogP contribution in [0.4, 0.5) is 0 Å². The van der Waals surface area contributed by atoms with E-state index < -0.39 is 0 Å². The van der Waals surface area contributed by atoms with Crippen molar-refractivity contribution in [2.45, 2.75) is 38.3 Å². The average molecular weight is 284 g/mol. The first-order valence-electron chi connectivity index (χ1n) is 7.64. The lowest BCUT2D eigenvalue weighted by molar-refractivity contribution is 0.235. The molecule has 20 heavy (non-hydrogen) atoms. The molecule has 1 saturated carbocycles. The smallest absolute Gasteiger partial charge is 0.123 e. The quantitative estimate of drug-likeness (QED) is 0.840. The molecule has 2 aliphatic rings. The van der Waals surface area contributed by atoms with Gasteiger partial charge in [-0.1, -0.05) is 36.8 Å². The molecule has 0 N–H and O–H groups in total. The molecule has 1 aromatic heterocycles. The monoisotopic (exact) mass is 284 g/mol. The molecule has 0 radical (unpaired) electrons. The number of hydrogen-bond acceptors (Lipinski definition) is 3. The van der Waals surface area contributed by atoms with Crippen LogP contribution in [0.1, 0.15) is 30.6 Å². The maximum absolute atomic E-state index is 4.61. The number of fused-ring (bicyclic) bond motifs is 1. The molecule has 0 bridgehead atoms. The number of hydrogen-bond donors (Lipinski definition) is 0. The molecule has 1 aromatic carbocycles.